The first-order valence-corrected chi connectivity index (χ1v) is 6.28. The first-order chi connectivity index (χ1) is 10.1. The van der Waals surface area contributed by atoms with Crippen LogP contribution in [0.15, 0.2) is 24.4 Å². The summed E-state index contributed by atoms with van der Waals surface area (Å²) in [6.45, 7) is 1.51. The van der Waals surface area contributed by atoms with Gasteiger partial charge in [0.25, 0.3) is 0 Å². The Bertz CT molecular complexity index is 711. The van der Waals surface area contributed by atoms with E-state index in [2.05, 4.69) is 10.3 Å². The zero-order valence-electron chi connectivity index (χ0n) is 11.4. The maximum Gasteiger partial charge on any atom is 0.143 e. The molecule has 0 fully saturated rings. The fraction of sp³-hybridized carbons (Fsp3) is 0.200. The molecular formula is C15H14FN3O2. The second kappa shape index (κ2) is 6.20. The Morgan fingerprint density at radius 2 is 2.19 bits per heavy atom. The largest absolute Gasteiger partial charge is 0.506 e. The van der Waals surface area contributed by atoms with Crippen LogP contribution >= 0.6 is 0 Å². The molecule has 2 rings (SSSR count). The number of pyridine rings is 1. The number of aliphatic hydroxyl groups is 1. The standard InChI is InChI=1S/C15H14FN3O2/c1-9-15(21)12(10(8-20)6-18-9)7-19-14-4-2-3-13(16)11(14)5-17/h2-4,6,19-21H,7-8H2,1H3. The molecule has 0 aliphatic heterocycles. The molecule has 5 nitrogen and oxygen atoms in total. The van der Waals surface area contributed by atoms with Crippen LogP contribution in [0.1, 0.15) is 22.4 Å². The fourth-order valence-corrected chi connectivity index (χ4v) is 1.99. The number of aliphatic hydroxyl groups excluding tert-OH is 1. The van der Waals surface area contributed by atoms with Crippen molar-refractivity contribution in [3.05, 3.63) is 52.6 Å². The molecule has 0 radical (unpaired) electrons. The van der Waals surface area contributed by atoms with Crippen molar-refractivity contribution in [1.82, 2.24) is 4.98 Å². The number of rotatable bonds is 4. The molecule has 0 saturated heterocycles. The van der Waals surface area contributed by atoms with E-state index in [9.17, 15) is 14.6 Å². The Hall–Kier alpha value is -2.65. The van der Waals surface area contributed by atoms with Gasteiger partial charge in [-0.2, -0.15) is 5.26 Å². The van der Waals surface area contributed by atoms with Gasteiger partial charge in [-0.05, 0) is 19.1 Å². The predicted molar refractivity (Wildman–Crippen MR) is 75.0 cm³/mol. The first kappa shape index (κ1) is 14.8. The maximum atomic E-state index is 13.5. The van der Waals surface area contributed by atoms with Crippen molar-refractivity contribution >= 4 is 5.69 Å². The summed E-state index contributed by atoms with van der Waals surface area (Å²) in [6, 6.07) is 6.06. The van der Waals surface area contributed by atoms with Crippen molar-refractivity contribution in [3.63, 3.8) is 0 Å². The molecule has 0 bridgehead atoms. The summed E-state index contributed by atoms with van der Waals surface area (Å²) in [5.74, 6) is -0.635. The van der Waals surface area contributed by atoms with Gasteiger partial charge in [-0.25, -0.2) is 4.39 Å². The summed E-state index contributed by atoms with van der Waals surface area (Å²) in [6.07, 6.45) is 1.48. The zero-order valence-corrected chi connectivity index (χ0v) is 11.4. The number of hydrogen-bond acceptors (Lipinski definition) is 5. The average molecular weight is 287 g/mol. The highest BCUT2D eigenvalue weighted by Crippen LogP contribution is 2.26. The molecule has 108 valence electrons. The zero-order chi connectivity index (χ0) is 15.4. The van der Waals surface area contributed by atoms with Crippen molar-refractivity contribution in [1.29, 1.82) is 5.26 Å². The van der Waals surface area contributed by atoms with Crippen LogP contribution in [0.2, 0.25) is 0 Å². The molecule has 0 saturated carbocycles. The van der Waals surface area contributed by atoms with Crippen LogP contribution in [0, 0.1) is 24.1 Å². The van der Waals surface area contributed by atoms with Crippen LogP contribution in [0.4, 0.5) is 10.1 Å². The van der Waals surface area contributed by atoms with Crippen molar-refractivity contribution in [2.75, 3.05) is 5.32 Å². The van der Waals surface area contributed by atoms with Crippen LogP contribution in [0.5, 0.6) is 5.75 Å². The minimum Gasteiger partial charge on any atom is -0.506 e. The Morgan fingerprint density at radius 3 is 2.86 bits per heavy atom. The van der Waals surface area contributed by atoms with E-state index in [4.69, 9.17) is 5.26 Å². The molecule has 0 aliphatic rings. The number of aromatic hydroxyl groups is 1. The van der Waals surface area contributed by atoms with E-state index in [1.54, 1.807) is 19.1 Å². The second-order valence-electron chi connectivity index (χ2n) is 4.48. The topological polar surface area (TPSA) is 89.2 Å². The van der Waals surface area contributed by atoms with E-state index >= 15 is 0 Å². The fourth-order valence-electron chi connectivity index (χ4n) is 1.99. The van der Waals surface area contributed by atoms with Crippen LogP contribution in [-0.2, 0) is 13.2 Å². The highest BCUT2D eigenvalue weighted by molar-refractivity contribution is 5.58. The van der Waals surface area contributed by atoms with Crippen molar-refractivity contribution in [3.8, 4) is 11.8 Å². The molecule has 1 aromatic carbocycles. The molecule has 2 aromatic rings. The van der Waals surface area contributed by atoms with E-state index in [1.807, 2.05) is 0 Å². The van der Waals surface area contributed by atoms with E-state index in [0.29, 0.717) is 22.5 Å². The number of nitrogens with zero attached hydrogens (tertiary/aromatic N) is 2. The SMILES string of the molecule is Cc1ncc(CO)c(CNc2cccc(F)c2C#N)c1O. The summed E-state index contributed by atoms with van der Waals surface area (Å²) in [4.78, 5) is 3.96. The highest BCUT2D eigenvalue weighted by Gasteiger charge is 2.13. The minimum atomic E-state index is -0.611. The number of aromatic nitrogens is 1. The van der Waals surface area contributed by atoms with E-state index in [-0.39, 0.29) is 24.5 Å². The van der Waals surface area contributed by atoms with Crippen molar-refractivity contribution in [2.24, 2.45) is 0 Å². The number of halogens is 1. The molecule has 0 amide bonds. The van der Waals surface area contributed by atoms with Gasteiger partial charge in [0, 0.05) is 23.9 Å². The molecule has 0 aliphatic carbocycles. The quantitative estimate of drug-likeness (QED) is 0.802. The number of anilines is 1. The van der Waals surface area contributed by atoms with Crippen molar-refractivity contribution in [2.45, 2.75) is 20.1 Å². The predicted octanol–water partition coefficient (Wildman–Crippen LogP) is 2.21. The summed E-state index contributed by atoms with van der Waals surface area (Å²) < 4.78 is 13.5. The molecule has 21 heavy (non-hydrogen) atoms. The lowest BCUT2D eigenvalue weighted by Gasteiger charge is -2.14. The number of nitriles is 1. The van der Waals surface area contributed by atoms with Crippen LogP contribution in [0.25, 0.3) is 0 Å². The summed E-state index contributed by atoms with van der Waals surface area (Å²) in [7, 11) is 0. The smallest absolute Gasteiger partial charge is 0.143 e. The molecular weight excluding hydrogens is 273 g/mol. The third-order valence-corrected chi connectivity index (χ3v) is 3.18. The maximum absolute atomic E-state index is 13.5. The molecule has 1 heterocycles. The lowest BCUT2D eigenvalue weighted by Crippen LogP contribution is -2.07. The van der Waals surface area contributed by atoms with Crippen LogP contribution in [0.3, 0.4) is 0 Å². The van der Waals surface area contributed by atoms with Gasteiger partial charge < -0.3 is 15.5 Å². The van der Waals surface area contributed by atoms with E-state index in [1.165, 1.54) is 18.3 Å². The van der Waals surface area contributed by atoms with Gasteiger partial charge in [-0.1, -0.05) is 6.07 Å². The van der Waals surface area contributed by atoms with Gasteiger partial charge in [-0.15, -0.1) is 0 Å². The van der Waals surface area contributed by atoms with Crippen LogP contribution in [-0.4, -0.2) is 15.2 Å². The van der Waals surface area contributed by atoms with Gasteiger partial charge in [-0.3, -0.25) is 4.98 Å². The number of nitrogens with one attached hydrogen (secondary N) is 1. The third-order valence-electron chi connectivity index (χ3n) is 3.18. The molecule has 0 unspecified atom stereocenters. The van der Waals surface area contributed by atoms with Gasteiger partial charge in [0.15, 0.2) is 0 Å². The van der Waals surface area contributed by atoms with Gasteiger partial charge in [0.2, 0.25) is 0 Å². The minimum absolute atomic E-state index is 0.0241. The van der Waals surface area contributed by atoms with Crippen LogP contribution < -0.4 is 5.32 Å². The Labute approximate surface area is 121 Å². The van der Waals surface area contributed by atoms with Gasteiger partial charge in [0.1, 0.15) is 23.2 Å². The lowest BCUT2D eigenvalue weighted by atomic mass is 10.1. The van der Waals surface area contributed by atoms with Gasteiger partial charge >= 0.3 is 0 Å². The van der Waals surface area contributed by atoms with Gasteiger partial charge in [0.05, 0.1) is 18.0 Å². The lowest BCUT2D eigenvalue weighted by molar-refractivity contribution is 0.279. The average Bonchev–Trinajstić information content (AvgIpc) is 2.48. The summed E-state index contributed by atoms with van der Waals surface area (Å²) in [5.41, 5.74) is 1.62. The highest BCUT2D eigenvalue weighted by atomic mass is 19.1. The summed E-state index contributed by atoms with van der Waals surface area (Å²) >= 11 is 0. The Morgan fingerprint density at radius 1 is 1.43 bits per heavy atom. The molecule has 1 aromatic heterocycles. The first-order valence-electron chi connectivity index (χ1n) is 6.28. The Balaban J connectivity index is 2.31. The normalized spacial score (nSPS) is 10.2. The number of benzene rings is 1. The number of hydrogen-bond donors (Lipinski definition) is 3. The molecule has 3 N–H and O–H groups in total. The van der Waals surface area contributed by atoms with Crippen molar-refractivity contribution < 1.29 is 14.6 Å². The summed E-state index contributed by atoms with van der Waals surface area (Å²) in [5, 5.41) is 31.2. The van der Waals surface area contributed by atoms with E-state index < -0.39 is 5.82 Å². The third kappa shape index (κ3) is 2.93. The molecule has 6 heteroatoms. The number of aryl methyl sites for hydroxylation is 1. The van der Waals surface area contributed by atoms with E-state index in [0.717, 1.165) is 0 Å². The second-order valence-corrected chi connectivity index (χ2v) is 4.48. The monoisotopic (exact) mass is 287 g/mol. The molecule has 0 atom stereocenters. The Kier molecular flexibility index (Phi) is 4.36. The molecule has 0 spiro atoms.